The second-order valence-corrected chi connectivity index (χ2v) is 6.91. The number of aromatic nitrogens is 1. The van der Waals surface area contributed by atoms with Crippen molar-refractivity contribution in [2.45, 2.75) is 38.0 Å². The second-order valence-electron chi connectivity index (χ2n) is 5.92. The Morgan fingerprint density at radius 3 is 2.75 bits per heavy atom. The summed E-state index contributed by atoms with van der Waals surface area (Å²) in [6.45, 7) is 4.84. The lowest BCUT2D eigenvalue weighted by Crippen LogP contribution is -2.65. The van der Waals surface area contributed by atoms with E-state index in [-0.39, 0.29) is 5.91 Å². The van der Waals surface area contributed by atoms with Crippen molar-refractivity contribution in [1.29, 1.82) is 0 Å². The zero-order valence-corrected chi connectivity index (χ0v) is 12.7. The van der Waals surface area contributed by atoms with E-state index in [9.17, 15) is 9.90 Å². The third-order valence-electron chi connectivity index (χ3n) is 4.27. The average molecular weight is 296 g/mol. The van der Waals surface area contributed by atoms with Gasteiger partial charge in [-0.2, -0.15) is 0 Å². The van der Waals surface area contributed by atoms with Gasteiger partial charge >= 0.3 is 0 Å². The fraction of sp³-hybridized carbons (Fsp3) is 0.714. The lowest BCUT2D eigenvalue weighted by atomic mass is 9.89. The van der Waals surface area contributed by atoms with Crippen LogP contribution in [0.3, 0.4) is 0 Å². The molecule has 110 valence electrons. The van der Waals surface area contributed by atoms with Crippen molar-refractivity contribution in [3.63, 3.8) is 0 Å². The maximum atomic E-state index is 12.0. The van der Waals surface area contributed by atoms with Gasteiger partial charge in [-0.3, -0.25) is 4.79 Å². The van der Waals surface area contributed by atoms with Crippen LogP contribution in [0.1, 0.15) is 29.9 Å². The quantitative estimate of drug-likeness (QED) is 0.892. The molecule has 3 rings (SSSR count). The zero-order chi connectivity index (χ0) is 14.3. The lowest BCUT2D eigenvalue weighted by molar-refractivity contribution is -0.156. The highest BCUT2D eigenvalue weighted by Crippen LogP contribution is 2.44. The van der Waals surface area contributed by atoms with Crippen LogP contribution in [-0.2, 0) is 10.5 Å². The van der Waals surface area contributed by atoms with E-state index in [0.717, 1.165) is 35.6 Å². The minimum Gasteiger partial charge on any atom is -0.386 e. The molecule has 1 aliphatic heterocycles. The summed E-state index contributed by atoms with van der Waals surface area (Å²) in [6.07, 6.45) is 2.22. The molecule has 1 aromatic heterocycles. The van der Waals surface area contributed by atoms with Gasteiger partial charge in [-0.1, -0.05) is 5.16 Å². The van der Waals surface area contributed by atoms with E-state index in [2.05, 4.69) is 5.16 Å². The summed E-state index contributed by atoms with van der Waals surface area (Å²) >= 11 is 1.58. The molecule has 2 fully saturated rings. The van der Waals surface area contributed by atoms with Crippen LogP contribution in [0.15, 0.2) is 4.52 Å². The largest absolute Gasteiger partial charge is 0.386 e. The molecule has 6 heteroatoms. The first-order valence-corrected chi connectivity index (χ1v) is 8.15. The first-order chi connectivity index (χ1) is 9.49. The molecule has 1 saturated heterocycles. The molecule has 20 heavy (non-hydrogen) atoms. The van der Waals surface area contributed by atoms with Gasteiger partial charge < -0.3 is 14.5 Å². The normalized spacial score (nSPS) is 20.9. The van der Waals surface area contributed by atoms with E-state index in [4.69, 9.17) is 4.52 Å². The smallest absolute Gasteiger partial charge is 0.232 e. The Morgan fingerprint density at radius 2 is 2.20 bits per heavy atom. The lowest BCUT2D eigenvalue weighted by Gasteiger charge is -2.47. The van der Waals surface area contributed by atoms with Crippen LogP contribution < -0.4 is 0 Å². The van der Waals surface area contributed by atoms with Crippen LogP contribution in [0.5, 0.6) is 0 Å². The van der Waals surface area contributed by atoms with Crippen molar-refractivity contribution in [1.82, 2.24) is 10.1 Å². The fourth-order valence-corrected chi connectivity index (χ4v) is 3.79. The Labute approximate surface area is 122 Å². The van der Waals surface area contributed by atoms with E-state index >= 15 is 0 Å². The van der Waals surface area contributed by atoms with Gasteiger partial charge in [0.05, 0.1) is 24.5 Å². The van der Waals surface area contributed by atoms with Crippen LogP contribution in [0.4, 0.5) is 0 Å². The van der Waals surface area contributed by atoms with Crippen LogP contribution >= 0.6 is 11.8 Å². The molecule has 1 saturated carbocycles. The van der Waals surface area contributed by atoms with Gasteiger partial charge in [0.1, 0.15) is 11.4 Å². The van der Waals surface area contributed by atoms with E-state index in [1.54, 1.807) is 16.7 Å². The maximum absolute atomic E-state index is 12.0. The number of hydrogen-bond donors (Lipinski definition) is 1. The summed E-state index contributed by atoms with van der Waals surface area (Å²) in [5.41, 5.74) is 1.40. The number of rotatable bonds is 5. The van der Waals surface area contributed by atoms with E-state index in [1.165, 1.54) is 0 Å². The van der Waals surface area contributed by atoms with Crippen LogP contribution in [-0.4, -0.2) is 45.5 Å². The average Bonchev–Trinajstić information content (AvgIpc) is 3.17. The van der Waals surface area contributed by atoms with E-state index < -0.39 is 5.60 Å². The fourth-order valence-electron chi connectivity index (χ4n) is 2.71. The molecule has 0 unspecified atom stereocenters. The van der Waals surface area contributed by atoms with Crippen molar-refractivity contribution in [2.24, 2.45) is 5.92 Å². The van der Waals surface area contributed by atoms with Crippen molar-refractivity contribution in [3.8, 4) is 0 Å². The molecule has 0 radical (unpaired) electrons. The zero-order valence-electron chi connectivity index (χ0n) is 11.9. The third-order valence-corrected chi connectivity index (χ3v) is 5.22. The number of nitrogens with zero attached hydrogens (tertiary/aromatic N) is 2. The van der Waals surface area contributed by atoms with Gasteiger partial charge in [0.25, 0.3) is 0 Å². The predicted octanol–water partition coefficient (Wildman–Crippen LogP) is 1.51. The number of aliphatic hydroxyl groups is 1. The van der Waals surface area contributed by atoms with Gasteiger partial charge in [-0.05, 0) is 32.6 Å². The summed E-state index contributed by atoms with van der Waals surface area (Å²) in [4.78, 5) is 13.8. The minimum absolute atomic E-state index is 0.118. The minimum atomic E-state index is -0.581. The van der Waals surface area contributed by atoms with Crippen LogP contribution in [0, 0.1) is 19.8 Å². The molecule has 1 aromatic rings. The van der Waals surface area contributed by atoms with Crippen molar-refractivity contribution >= 4 is 17.7 Å². The van der Waals surface area contributed by atoms with Crippen LogP contribution in [0.2, 0.25) is 0 Å². The molecular formula is C14H20N2O3S. The Balaban J connectivity index is 1.42. The molecular weight excluding hydrogens is 276 g/mol. The van der Waals surface area contributed by atoms with Gasteiger partial charge in [0, 0.05) is 11.3 Å². The standard InChI is InChI=1S/C14H20N2O3S/c1-9-12(10(2)19-15-9)5-20-6-13(17)16-7-14(18,8-16)11-3-4-11/h11,18H,3-8H2,1-2H3. The Morgan fingerprint density at radius 1 is 1.50 bits per heavy atom. The van der Waals surface area contributed by atoms with Gasteiger partial charge in [-0.15, -0.1) is 11.8 Å². The molecule has 1 N–H and O–H groups in total. The Hall–Kier alpha value is -1.01. The van der Waals surface area contributed by atoms with E-state index in [0.29, 0.717) is 24.8 Å². The molecule has 5 nitrogen and oxygen atoms in total. The molecule has 1 amide bonds. The van der Waals surface area contributed by atoms with Gasteiger partial charge in [0.15, 0.2) is 0 Å². The molecule has 0 atom stereocenters. The topological polar surface area (TPSA) is 66.6 Å². The summed E-state index contributed by atoms with van der Waals surface area (Å²) < 4.78 is 5.10. The van der Waals surface area contributed by atoms with Crippen molar-refractivity contribution in [2.75, 3.05) is 18.8 Å². The number of carbonyl (C=O) groups excluding carboxylic acids is 1. The monoisotopic (exact) mass is 296 g/mol. The number of β-amino-alcohol motifs (C(OH)–C–C–N with tert-alkyl or cyclic N) is 1. The second kappa shape index (κ2) is 5.07. The molecule has 1 aliphatic carbocycles. The molecule has 0 spiro atoms. The number of thioether (sulfide) groups is 1. The van der Waals surface area contributed by atoms with E-state index in [1.807, 2.05) is 13.8 Å². The van der Waals surface area contributed by atoms with Crippen molar-refractivity contribution in [3.05, 3.63) is 17.0 Å². The summed E-state index contributed by atoms with van der Waals surface area (Å²) in [7, 11) is 0. The highest BCUT2D eigenvalue weighted by Gasteiger charge is 2.53. The number of likely N-dealkylation sites (tertiary alicyclic amines) is 1. The maximum Gasteiger partial charge on any atom is 0.232 e. The highest BCUT2D eigenvalue weighted by molar-refractivity contribution is 7.99. The molecule has 0 aromatic carbocycles. The molecule has 0 bridgehead atoms. The summed E-state index contributed by atoms with van der Waals surface area (Å²) in [5, 5.41) is 14.1. The number of carbonyl (C=O) groups is 1. The van der Waals surface area contributed by atoms with Gasteiger partial charge in [0.2, 0.25) is 5.91 Å². The Bertz CT molecular complexity index is 499. The summed E-state index contributed by atoms with van der Waals surface area (Å²) in [5.74, 6) is 2.57. The van der Waals surface area contributed by atoms with Crippen molar-refractivity contribution < 1.29 is 14.4 Å². The number of aryl methyl sites for hydroxylation is 2. The SMILES string of the molecule is Cc1noc(C)c1CSCC(=O)N1CC(O)(C2CC2)C1. The first-order valence-electron chi connectivity index (χ1n) is 6.99. The number of hydrogen-bond acceptors (Lipinski definition) is 5. The highest BCUT2D eigenvalue weighted by atomic mass is 32.2. The molecule has 2 heterocycles. The summed E-state index contributed by atoms with van der Waals surface area (Å²) in [6, 6.07) is 0. The molecule has 2 aliphatic rings. The number of amides is 1. The van der Waals surface area contributed by atoms with Crippen LogP contribution in [0.25, 0.3) is 0 Å². The predicted molar refractivity (Wildman–Crippen MR) is 76.4 cm³/mol. The first kappa shape index (κ1) is 13.9. The van der Waals surface area contributed by atoms with Gasteiger partial charge in [-0.25, -0.2) is 0 Å². The third kappa shape index (κ3) is 2.59. The Kier molecular flexibility index (Phi) is 3.54.